The molecule has 1 atom stereocenters. The molecule has 0 aromatic heterocycles. The van der Waals surface area contributed by atoms with Gasteiger partial charge in [-0.05, 0) is 45.3 Å². The van der Waals surface area contributed by atoms with Crippen LogP contribution in [0.15, 0.2) is 0 Å². The van der Waals surface area contributed by atoms with Gasteiger partial charge in [-0.15, -0.1) is 0 Å². The molecule has 3 heterocycles. The predicted molar refractivity (Wildman–Crippen MR) is 83.7 cm³/mol. The lowest BCUT2D eigenvalue weighted by atomic mass is 10.1. The Hall–Kier alpha value is -0.200. The van der Waals surface area contributed by atoms with Crippen LogP contribution in [0.4, 0.5) is 0 Å². The van der Waals surface area contributed by atoms with Crippen molar-refractivity contribution >= 4 is 0 Å². The van der Waals surface area contributed by atoms with Crippen molar-refractivity contribution in [2.24, 2.45) is 0 Å². The molecule has 0 amide bonds. The molecule has 1 unspecified atom stereocenters. The number of likely N-dealkylation sites (tertiary alicyclic amines) is 1. The van der Waals surface area contributed by atoms with Crippen LogP contribution in [-0.4, -0.2) is 87.6 Å². The molecule has 5 nitrogen and oxygen atoms in total. The molecule has 0 saturated carbocycles. The van der Waals surface area contributed by atoms with E-state index in [4.69, 9.17) is 9.47 Å². The van der Waals surface area contributed by atoms with Gasteiger partial charge in [0.15, 0.2) is 0 Å². The molecule has 0 radical (unpaired) electrons. The van der Waals surface area contributed by atoms with Crippen LogP contribution in [-0.2, 0) is 9.47 Å². The van der Waals surface area contributed by atoms with Crippen LogP contribution in [0.5, 0.6) is 0 Å². The van der Waals surface area contributed by atoms with Gasteiger partial charge in [-0.3, -0.25) is 4.90 Å². The SMILES string of the molecule is C(COC1CCNCC1)CN1CCC(N2CCOCC2)C1. The lowest BCUT2D eigenvalue weighted by molar-refractivity contribution is 0.0170. The number of nitrogens with one attached hydrogen (secondary N) is 1. The van der Waals surface area contributed by atoms with E-state index < -0.39 is 0 Å². The molecule has 122 valence electrons. The Morgan fingerprint density at radius 2 is 1.86 bits per heavy atom. The summed E-state index contributed by atoms with van der Waals surface area (Å²) in [7, 11) is 0. The van der Waals surface area contributed by atoms with Gasteiger partial charge in [-0.2, -0.15) is 0 Å². The zero-order valence-electron chi connectivity index (χ0n) is 13.3. The summed E-state index contributed by atoms with van der Waals surface area (Å²) >= 11 is 0. The van der Waals surface area contributed by atoms with Crippen molar-refractivity contribution in [3.8, 4) is 0 Å². The average Bonchev–Trinajstić information content (AvgIpc) is 3.02. The minimum atomic E-state index is 0.505. The van der Waals surface area contributed by atoms with Gasteiger partial charge in [0.2, 0.25) is 0 Å². The molecule has 3 rings (SSSR count). The first-order valence-electron chi connectivity index (χ1n) is 8.78. The van der Waals surface area contributed by atoms with Gasteiger partial charge >= 0.3 is 0 Å². The molecule has 0 bridgehead atoms. The minimum Gasteiger partial charge on any atom is -0.379 e. The maximum Gasteiger partial charge on any atom is 0.0599 e. The van der Waals surface area contributed by atoms with Gasteiger partial charge in [-0.25, -0.2) is 0 Å². The fourth-order valence-electron chi connectivity index (χ4n) is 3.76. The van der Waals surface area contributed by atoms with E-state index in [0.717, 1.165) is 52.0 Å². The molecule has 3 aliphatic heterocycles. The molecule has 5 heteroatoms. The third kappa shape index (κ3) is 4.89. The fourth-order valence-corrected chi connectivity index (χ4v) is 3.76. The quantitative estimate of drug-likeness (QED) is 0.725. The van der Waals surface area contributed by atoms with Crippen LogP contribution in [0.2, 0.25) is 0 Å². The number of nitrogens with zero attached hydrogens (tertiary/aromatic N) is 2. The zero-order chi connectivity index (χ0) is 14.3. The van der Waals surface area contributed by atoms with Gasteiger partial charge in [-0.1, -0.05) is 0 Å². The summed E-state index contributed by atoms with van der Waals surface area (Å²) in [6, 6.07) is 0.763. The lowest BCUT2D eigenvalue weighted by Gasteiger charge is -2.32. The molecule has 3 aliphatic rings. The second kappa shape index (κ2) is 8.44. The molecule has 0 aromatic carbocycles. The maximum absolute atomic E-state index is 5.99. The number of piperidine rings is 1. The normalized spacial score (nSPS) is 30.0. The summed E-state index contributed by atoms with van der Waals surface area (Å²) in [5.41, 5.74) is 0. The highest BCUT2D eigenvalue weighted by atomic mass is 16.5. The standard InChI is InChI=1S/C16H31N3O2/c1(11-21-16-2-5-17-6-3-16)7-18-8-4-15(14-18)19-9-12-20-13-10-19/h15-17H,1-14H2. The molecule has 3 saturated heterocycles. The fraction of sp³-hybridized carbons (Fsp3) is 1.00. The van der Waals surface area contributed by atoms with Crippen molar-refractivity contribution in [1.29, 1.82) is 0 Å². The average molecular weight is 297 g/mol. The molecule has 3 fully saturated rings. The van der Waals surface area contributed by atoms with Gasteiger partial charge in [0.05, 0.1) is 19.3 Å². The number of morpholine rings is 1. The zero-order valence-corrected chi connectivity index (χ0v) is 13.3. The van der Waals surface area contributed by atoms with E-state index in [2.05, 4.69) is 15.1 Å². The van der Waals surface area contributed by atoms with Crippen LogP contribution in [0.3, 0.4) is 0 Å². The Morgan fingerprint density at radius 1 is 1.05 bits per heavy atom. The number of ether oxygens (including phenoxy) is 2. The van der Waals surface area contributed by atoms with Crippen LogP contribution in [0.1, 0.15) is 25.7 Å². The van der Waals surface area contributed by atoms with Gasteiger partial charge in [0.1, 0.15) is 0 Å². The molecule has 0 aromatic rings. The van der Waals surface area contributed by atoms with Crippen LogP contribution < -0.4 is 5.32 Å². The van der Waals surface area contributed by atoms with Crippen molar-refractivity contribution in [2.75, 3.05) is 65.6 Å². The Kier molecular flexibility index (Phi) is 6.30. The molecular weight excluding hydrogens is 266 g/mol. The Labute approximate surface area is 128 Å². The highest BCUT2D eigenvalue weighted by Gasteiger charge is 2.28. The van der Waals surface area contributed by atoms with Crippen molar-refractivity contribution in [1.82, 2.24) is 15.1 Å². The van der Waals surface area contributed by atoms with Crippen LogP contribution >= 0.6 is 0 Å². The summed E-state index contributed by atoms with van der Waals surface area (Å²) in [5, 5.41) is 3.38. The molecule has 1 N–H and O–H groups in total. The first-order valence-corrected chi connectivity index (χ1v) is 8.78. The van der Waals surface area contributed by atoms with E-state index in [-0.39, 0.29) is 0 Å². The first kappa shape index (κ1) is 15.7. The molecular formula is C16H31N3O2. The third-order valence-electron chi connectivity index (χ3n) is 5.07. The van der Waals surface area contributed by atoms with Crippen molar-refractivity contribution < 1.29 is 9.47 Å². The van der Waals surface area contributed by atoms with E-state index in [0.29, 0.717) is 6.10 Å². The van der Waals surface area contributed by atoms with Gasteiger partial charge in [0.25, 0.3) is 0 Å². The van der Waals surface area contributed by atoms with E-state index in [9.17, 15) is 0 Å². The lowest BCUT2D eigenvalue weighted by Crippen LogP contribution is -2.44. The Morgan fingerprint density at radius 3 is 2.67 bits per heavy atom. The Balaban J connectivity index is 1.26. The summed E-state index contributed by atoms with van der Waals surface area (Å²) in [6.07, 6.45) is 5.38. The molecule has 0 aliphatic carbocycles. The summed E-state index contributed by atoms with van der Waals surface area (Å²) in [4.78, 5) is 5.24. The largest absolute Gasteiger partial charge is 0.379 e. The van der Waals surface area contributed by atoms with Crippen molar-refractivity contribution in [2.45, 2.75) is 37.8 Å². The van der Waals surface area contributed by atoms with Crippen molar-refractivity contribution in [3.05, 3.63) is 0 Å². The van der Waals surface area contributed by atoms with E-state index in [1.165, 1.54) is 45.3 Å². The predicted octanol–water partition coefficient (Wildman–Crippen LogP) is 0.552. The Bertz CT molecular complexity index is 291. The summed E-state index contributed by atoms with van der Waals surface area (Å²) < 4.78 is 11.4. The smallest absolute Gasteiger partial charge is 0.0599 e. The second-order valence-corrected chi connectivity index (χ2v) is 6.57. The number of hydrogen-bond donors (Lipinski definition) is 1. The number of hydrogen-bond acceptors (Lipinski definition) is 5. The highest BCUT2D eigenvalue weighted by Crippen LogP contribution is 2.17. The topological polar surface area (TPSA) is 37.0 Å². The number of rotatable bonds is 6. The summed E-state index contributed by atoms with van der Waals surface area (Å²) in [6.45, 7) is 11.0. The highest BCUT2D eigenvalue weighted by molar-refractivity contribution is 4.84. The molecule has 0 spiro atoms. The monoisotopic (exact) mass is 297 g/mol. The van der Waals surface area contributed by atoms with E-state index in [1.807, 2.05) is 0 Å². The van der Waals surface area contributed by atoms with Crippen LogP contribution in [0.25, 0.3) is 0 Å². The third-order valence-corrected chi connectivity index (χ3v) is 5.07. The van der Waals surface area contributed by atoms with Crippen LogP contribution in [0, 0.1) is 0 Å². The van der Waals surface area contributed by atoms with Crippen molar-refractivity contribution in [3.63, 3.8) is 0 Å². The summed E-state index contributed by atoms with van der Waals surface area (Å²) in [5.74, 6) is 0. The molecule has 21 heavy (non-hydrogen) atoms. The van der Waals surface area contributed by atoms with Gasteiger partial charge < -0.3 is 19.7 Å². The van der Waals surface area contributed by atoms with E-state index >= 15 is 0 Å². The van der Waals surface area contributed by atoms with Gasteiger partial charge in [0, 0.05) is 38.8 Å². The van der Waals surface area contributed by atoms with E-state index in [1.54, 1.807) is 0 Å². The second-order valence-electron chi connectivity index (χ2n) is 6.57. The minimum absolute atomic E-state index is 0.505. The maximum atomic E-state index is 5.99. The first-order chi connectivity index (χ1) is 10.4.